The quantitative estimate of drug-likeness (QED) is 0.716. The van der Waals surface area contributed by atoms with Gasteiger partial charge in [0.25, 0.3) is 5.91 Å². The molecule has 1 aromatic heterocycles. The molecule has 0 fully saturated rings. The van der Waals surface area contributed by atoms with E-state index < -0.39 is 30.2 Å². The number of ether oxygens (including phenoxy) is 3. The molecule has 1 heterocycles. The molecule has 2 amide bonds. The largest absolute Gasteiger partial charge is 0.493 e. The van der Waals surface area contributed by atoms with Gasteiger partial charge in [-0.15, -0.1) is 11.3 Å². The second-order valence-electron chi connectivity index (χ2n) is 5.18. The van der Waals surface area contributed by atoms with Crippen molar-refractivity contribution in [2.75, 3.05) is 33.2 Å². The summed E-state index contributed by atoms with van der Waals surface area (Å²) in [6.07, 6.45) is -4.60. The van der Waals surface area contributed by atoms with E-state index in [1.807, 2.05) is 0 Å². The van der Waals surface area contributed by atoms with Gasteiger partial charge in [0.15, 0.2) is 22.3 Å². The Hall–Kier alpha value is -3.02. The average molecular weight is 419 g/mol. The van der Waals surface area contributed by atoms with Crippen molar-refractivity contribution in [3.8, 4) is 17.2 Å². The first-order valence-electron chi connectivity index (χ1n) is 7.60. The molecule has 0 aliphatic heterocycles. The zero-order valence-electron chi connectivity index (χ0n) is 15.0. The zero-order chi connectivity index (χ0) is 20.9. The number of nitrogens with zero attached hydrogens (tertiary/aromatic N) is 1. The monoisotopic (exact) mass is 419 g/mol. The van der Waals surface area contributed by atoms with Crippen LogP contribution in [0.1, 0.15) is 16.1 Å². The van der Waals surface area contributed by atoms with Crippen molar-refractivity contribution >= 4 is 28.3 Å². The Bertz CT molecular complexity index is 844. The van der Waals surface area contributed by atoms with Crippen molar-refractivity contribution in [3.05, 3.63) is 28.8 Å². The third kappa shape index (κ3) is 5.03. The first kappa shape index (κ1) is 21.3. The molecule has 1 aromatic carbocycles. The summed E-state index contributed by atoms with van der Waals surface area (Å²) in [6.45, 7) is -0.476. The predicted molar refractivity (Wildman–Crippen MR) is 94.2 cm³/mol. The van der Waals surface area contributed by atoms with Crippen LogP contribution < -0.4 is 24.8 Å². The summed E-state index contributed by atoms with van der Waals surface area (Å²) in [5.74, 6) is -0.560. The van der Waals surface area contributed by atoms with E-state index in [1.165, 1.54) is 33.5 Å². The number of carbonyl (C=O) groups is 2. The Morgan fingerprint density at radius 3 is 2.18 bits per heavy atom. The molecule has 0 bridgehead atoms. The number of rotatable bonds is 7. The fourth-order valence-corrected chi connectivity index (χ4v) is 2.83. The second-order valence-corrected chi connectivity index (χ2v) is 6.04. The maximum atomic E-state index is 12.5. The summed E-state index contributed by atoms with van der Waals surface area (Å²) >= 11 is 0.627. The van der Waals surface area contributed by atoms with Crippen molar-refractivity contribution in [2.45, 2.75) is 6.18 Å². The number of nitrogens with one attached hydrogen (secondary N) is 2. The van der Waals surface area contributed by atoms with Gasteiger partial charge in [-0.2, -0.15) is 13.2 Å². The van der Waals surface area contributed by atoms with Crippen molar-refractivity contribution in [1.82, 2.24) is 10.3 Å². The lowest BCUT2D eigenvalue weighted by molar-refractivity contribution is -0.140. The van der Waals surface area contributed by atoms with E-state index >= 15 is 0 Å². The van der Waals surface area contributed by atoms with Gasteiger partial charge in [0, 0.05) is 10.9 Å². The highest BCUT2D eigenvalue weighted by Gasteiger charge is 2.33. The van der Waals surface area contributed by atoms with Crippen molar-refractivity contribution in [3.63, 3.8) is 0 Å². The Labute approximate surface area is 161 Å². The SMILES string of the molecule is COc1cc(C(=O)NCC(=O)Nc2nc(C(F)(F)F)cs2)cc(OC)c1OC. The van der Waals surface area contributed by atoms with Crippen LogP contribution >= 0.6 is 11.3 Å². The van der Waals surface area contributed by atoms with E-state index in [4.69, 9.17) is 14.2 Å². The van der Waals surface area contributed by atoms with Gasteiger partial charge in [-0.25, -0.2) is 4.98 Å². The number of amides is 2. The number of thiazole rings is 1. The molecule has 28 heavy (non-hydrogen) atoms. The van der Waals surface area contributed by atoms with Gasteiger partial charge in [-0.05, 0) is 12.1 Å². The molecule has 0 radical (unpaired) electrons. The normalized spacial score (nSPS) is 10.9. The molecule has 152 valence electrons. The third-order valence-corrected chi connectivity index (χ3v) is 4.14. The van der Waals surface area contributed by atoms with Gasteiger partial charge in [0.1, 0.15) is 0 Å². The number of benzene rings is 1. The molecule has 0 aliphatic carbocycles. The molecule has 8 nitrogen and oxygen atoms in total. The standard InChI is InChI=1S/C16H16F3N3O5S/c1-25-9-4-8(5-10(26-2)13(9)27-3)14(24)20-6-12(23)22-15-21-11(7-28-15)16(17,18)19/h4-5,7H,6H2,1-3H3,(H,20,24)(H,21,22,23). The van der Waals surface area contributed by atoms with Crippen LogP contribution in [0.5, 0.6) is 17.2 Å². The van der Waals surface area contributed by atoms with E-state index in [0.717, 1.165) is 5.38 Å². The van der Waals surface area contributed by atoms with Gasteiger partial charge in [0.2, 0.25) is 11.7 Å². The zero-order valence-corrected chi connectivity index (χ0v) is 15.8. The first-order valence-corrected chi connectivity index (χ1v) is 8.48. The van der Waals surface area contributed by atoms with E-state index in [2.05, 4.69) is 15.6 Å². The topological polar surface area (TPSA) is 98.8 Å². The second kappa shape index (κ2) is 8.78. The lowest BCUT2D eigenvalue weighted by Gasteiger charge is -2.14. The number of methoxy groups -OCH3 is 3. The molecule has 0 atom stereocenters. The van der Waals surface area contributed by atoms with E-state index in [0.29, 0.717) is 17.1 Å². The summed E-state index contributed by atoms with van der Waals surface area (Å²) in [5, 5.41) is 5.10. The smallest absolute Gasteiger partial charge is 0.434 e. The van der Waals surface area contributed by atoms with Crippen LogP contribution in [-0.2, 0) is 11.0 Å². The summed E-state index contributed by atoms with van der Waals surface area (Å²) in [7, 11) is 4.18. The van der Waals surface area contributed by atoms with Gasteiger partial charge in [-0.1, -0.05) is 0 Å². The summed E-state index contributed by atoms with van der Waals surface area (Å²) in [6, 6.07) is 2.79. The summed E-state index contributed by atoms with van der Waals surface area (Å²) < 4.78 is 52.9. The van der Waals surface area contributed by atoms with Crippen LogP contribution in [0.15, 0.2) is 17.5 Å². The molecule has 0 spiro atoms. The van der Waals surface area contributed by atoms with Gasteiger partial charge in [-0.3, -0.25) is 9.59 Å². The minimum Gasteiger partial charge on any atom is -0.493 e. The lowest BCUT2D eigenvalue weighted by atomic mass is 10.1. The van der Waals surface area contributed by atoms with Crippen molar-refractivity contribution in [1.29, 1.82) is 0 Å². The van der Waals surface area contributed by atoms with Gasteiger partial charge in [0.05, 0.1) is 27.9 Å². The lowest BCUT2D eigenvalue weighted by Crippen LogP contribution is -2.32. The Balaban J connectivity index is 2.01. The highest BCUT2D eigenvalue weighted by Crippen LogP contribution is 2.38. The molecule has 0 saturated heterocycles. The van der Waals surface area contributed by atoms with Crippen LogP contribution in [0.3, 0.4) is 0 Å². The molecule has 0 aliphatic rings. The maximum Gasteiger partial charge on any atom is 0.434 e. The van der Waals surface area contributed by atoms with Crippen LogP contribution in [0, 0.1) is 0 Å². The van der Waals surface area contributed by atoms with E-state index in [9.17, 15) is 22.8 Å². The van der Waals surface area contributed by atoms with Crippen LogP contribution in [0.25, 0.3) is 0 Å². The summed E-state index contributed by atoms with van der Waals surface area (Å²) in [5.41, 5.74) is -0.967. The molecule has 12 heteroatoms. The number of aromatic nitrogens is 1. The number of carbonyl (C=O) groups excluding carboxylic acids is 2. The number of anilines is 1. The number of alkyl halides is 3. The van der Waals surface area contributed by atoms with Crippen molar-refractivity contribution in [2.24, 2.45) is 0 Å². The maximum absolute atomic E-state index is 12.5. The third-order valence-electron chi connectivity index (χ3n) is 3.38. The molecule has 2 N–H and O–H groups in total. The molecule has 0 unspecified atom stereocenters. The first-order chi connectivity index (χ1) is 13.2. The Kier molecular flexibility index (Phi) is 6.67. The fourth-order valence-electron chi connectivity index (χ4n) is 2.10. The number of halogens is 3. The highest BCUT2D eigenvalue weighted by molar-refractivity contribution is 7.13. The Morgan fingerprint density at radius 2 is 1.71 bits per heavy atom. The molecule has 2 rings (SSSR count). The molecular weight excluding hydrogens is 403 g/mol. The van der Waals surface area contributed by atoms with Crippen LogP contribution in [-0.4, -0.2) is 44.7 Å². The summed E-state index contributed by atoms with van der Waals surface area (Å²) in [4.78, 5) is 27.4. The Morgan fingerprint density at radius 1 is 1.11 bits per heavy atom. The van der Waals surface area contributed by atoms with E-state index in [-0.39, 0.29) is 22.2 Å². The van der Waals surface area contributed by atoms with Crippen LogP contribution in [0.2, 0.25) is 0 Å². The minimum atomic E-state index is -4.60. The molecular formula is C16H16F3N3O5S. The average Bonchev–Trinajstić information content (AvgIpc) is 3.13. The molecule has 2 aromatic rings. The predicted octanol–water partition coefficient (Wildman–Crippen LogP) is 2.56. The van der Waals surface area contributed by atoms with Crippen LogP contribution in [0.4, 0.5) is 18.3 Å². The van der Waals surface area contributed by atoms with Crippen molar-refractivity contribution < 1.29 is 37.0 Å². The molecule has 0 saturated carbocycles. The highest BCUT2D eigenvalue weighted by atomic mass is 32.1. The fraction of sp³-hybridized carbons (Fsp3) is 0.312. The number of hydrogen-bond acceptors (Lipinski definition) is 7. The van der Waals surface area contributed by atoms with Gasteiger partial charge >= 0.3 is 6.18 Å². The van der Waals surface area contributed by atoms with Gasteiger partial charge < -0.3 is 24.8 Å². The number of hydrogen-bond donors (Lipinski definition) is 2. The minimum absolute atomic E-state index is 0.135. The van der Waals surface area contributed by atoms with E-state index in [1.54, 1.807) is 0 Å².